The number of nitrogens with zero attached hydrogens (tertiary/aromatic N) is 1. The second kappa shape index (κ2) is 9.36. The minimum absolute atomic E-state index is 0.159. The highest BCUT2D eigenvalue weighted by molar-refractivity contribution is 6.04. The van der Waals surface area contributed by atoms with Crippen LogP contribution in [0.4, 0.5) is 5.69 Å². The Morgan fingerprint density at radius 1 is 0.889 bits per heavy atom. The van der Waals surface area contributed by atoms with E-state index in [2.05, 4.69) is 33.0 Å². The number of rotatable bonds is 7. The maximum atomic E-state index is 12.6. The lowest BCUT2D eigenvalue weighted by atomic mass is 9.92. The van der Waals surface area contributed by atoms with Crippen LogP contribution in [0.15, 0.2) is 48.5 Å². The molecule has 0 aromatic heterocycles. The van der Waals surface area contributed by atoms with Crippen molar-refractivity contribution < 1.29 is 9.59 Å². The molecular weight excluding hydrogens is 336 g/mol. The summed E-state index contributed by atoms with van der Waals surface area (Å²) in [7, 11) is 1.73. The van der Waals surface area contributed by atoms with E-state index in [4.69, 9.17) is 0 Å². The minimum atomic E-state index is -0.269. The van der Waals surface area contributed by atoms with Gasteiger partial charge in [-0.05, 0) is 28.5 Å². The smallest absolute Gasteiger partial charge is 0.233 e. The fourth-order valence-electron chi connectivity index (χ4n) is 3.10. The second-order valence-electron chi connectivity index (χ2n) is 7.58. The average molecular weight is 367 g/mol. The molecule has 0 aliphatic heterocycles. The van der Waals surface area contributed by atoms with Crippen molar-refractivity contribution in [2.75, 3.05) is 12.4 Å². The third-order valence-electron chi connectivity index (χ3n) is 4.64. The van der Waals surface area contributed by atoms with Crippen molar-refractivity contribution in [2.24, 2.45) is 0 Å². The standard InChI is InChI=1S/C23H30N2O2/c1-16(2)19-12-9-13-20(17(3)4)23(19)24-21(26)14-22(27)25(5)15-18-10-7-6-8-11-18/h6-13,16-17H,14-15H2,1-5H3,(H,24,26). The van der Waals surface area contributed by atoms with E-state index >= 15 is 0 Å². The van der Waals surface area contributed by atoms with Crippen molar-refractivity contribution in [3.8, 4) is 0 Å². The summed E-state index contributed by atoms with van der Waals surface area (Å²) in [5.41, 5.74) is 4.09. The first-order valence-corrected chi connectivity index (χ1v) is 9.50. The van der Waals surface area contributed by atoms with Crippen LogP contribution in [0.1, 0.15) is 62.6 Å². The van der Waals surface area contributed by atoms with Gasteiger partial charge in [-0.1, -0.05) is 76.2 Å². The number of nitrogens with one attached hydrogen (secondary N) is 1. The summed E-state index contributed by atoms with van der Waals surface area (Å²) in [5.74, 6) is 0.116. The van der Waals surface area contributed by atoms with E-state index in [0.717, 1.165) is 22.4 Å². The van der Waals surface area contributed by atoms with Crippen LogP contribution < -0.4 is 5.32 Å². The molecule has 2 rings (SSSR count). The Morgan fingerprint density at radius 3 is 1.96 bits per heavy atom. The number of carbonyl (C=O) groups is 2. The number of hydrogen-bond acceptors (Lipinski definition) is 2. The zero-order valence-electron chi connectivity index (χ0n) is 17.0. The number of carbonyl (C=O) groups excluding carboxylic acids is 2. The van der Waals surface area contributed by atoms with Gasteiger partial charge in [-0.3, -0.25) is 9.59 Å². The van der Waals surface area contributed by atoms with Gasteiger partial charge in [0.15, 0.2) is 0 Å². The lowest BCUT2D eigenvalue weighted by molar-refractivity contribution is -0.134. The first kappa shape index (κ1) is 20.7. The van der Waals surface area contributed by atoms with Crippen LogP contribution in [0, 0.1) is 0 Å². The monoisotopic (exact) mass is 366 g/mol. The van der Waals surface area contributed by atoms with E-state index in [9.17, 15) is 9.59 Å². The van der Waals surface area contributed by atoms with Crippen molar-refractivity contribution in [3.05, 3.63) is 65.2 Å². The minimum Gasteiger partial charge on any atom is -0.341 e. The topological polar surface area (TPSA) is 49.4 Å². The third kappa shape index (κ3) is 5.68. The van der Waals surface area contributed by atoms with Gasteiger partial charge in [-0.25, -0.2) is 0 Å². The van der Waals surface area contributed by atoms with Gasteiger partial charge in [0.1, 0.15) is 6.42 Å². The van der Waals surface area contributed by atoms with E-state index in [1.807, 2.05) is 48.5 Å². The van der Waals surface area contributed by atoms with Crippen LogP contribution in [-0.2, 0) is 16.1 Å². The van der Waals surface area contributed by atoms with Crippen LogP contribution in [0.25, 0.3) is 0 Å². The normalized spacial score (nSPS) is 10.9. The highest BCUT2D eigenvalue weighted by atomic mass is 16.2. The van der Waals surface area contributed by atoms with Gasteiger partial charge in [0.05, 0.1) is 0 Å². The molecule has 2 aromatic carbocycles. The van der Waals surface area contributed by atoms with Crippen molar-refractivity contribution >= 4 is 17.5 Å². The van der Waals surface area contributed by atoms with E-state index in [1.54, 1.807) is 11.9 Å². The molecule has 2 amide bonds. The maximum Gasteiger partial charge on any atom is 0.233 e. The van der Waals surface area contributed by atoms with Crippen LogP contribution in [0.2, 0.25) is 0 Å². The van der Waals surface area contributed by atoms with Crippen molar-refractivity contribution in [1.29, 1.82) is 0 Å². The fraction of sp³-hybridized carbons (Fsp3) is 0.391. The first-order valence-electron chi connectivity index (χ1n) is 9.50. The van der Waals surface area contributed by atoms with E-state index in [-0.39, 0.29) is 30.1 Å². The molecule has 0 aliphatic rings. The largest absolute Gasteiger partial charge is 0.341 e. The molecule has 2 aromatic rings. The highest BCUT2D eigenvalue weighted by Crippen LogP contribution is 2.32. The Morgan fingerprint density at radius 2 is 1.44 bits per heavy atom. The zero-order chi connectivity index (χ0) is 20.0. The lowest BCUT2D eigenvalue weighted by Gasteiger charge is -2.21. The van der Waals surface area contributed by atoms with Gasteiger partial charge in [-0.15, -0.1) is 0 Å². The Bertz CT molecular complexity index is 756. The molecule has 0 aliphatic carbocycles. The molecule has 0 bridgehead atoms. The number of anilines is 1. The summed E-state index contributed by atoms with van der Waals surface area (Å²) >= 11 is 0. The van der Waals surface area contributed by atoms with Crippen LogP contribution in [0.5, 0.6) is 0 Å². The summed E-state index contributed by atoms with van der Waals surface area (Å²) in [6, 6.07) is 15.9. The SMILES string of the molecule is CC(C)c1cccc(C(C)C)c1NC(=O)CC(=O)N(C)Cc1ccccc1. The Labute approximate surface area is 162 Å². The molecule has 4 heteroatoms. The molecule has 1 N–H and O–H groups in total. The molecule has 0 spiro atoms. The van der Waals surface area contributed by atoms with Gasteiger partial charge in [0, 0.05) is 19.3 Å². The van der Waals surface area contributed by atoms with Gasteiger partial charge in [0.25, 0.3) is 0 Å². The molecule has 0 fully saturated rings. The Kier molecular flexibility index (Phi) is 7.17. The maximum absolute atomic E-state index is 12.6. The van der Waals surface area contributed by atoms with Crippen molar-refractivity contribution in [2.45, 2.75) is 52.5 Å². The summed E-state index contributed by atoms with van der Waals surface area (Å²) < 4.78 is 0. The number of amides is 2. The molecule has 0 unspecified atom stereocenters. The molecule has 0 atom stereocenters. The van der Waals surface area contributed by atoms with Gasteiger partial charge in [0.2, 0.25) is 11.8 Å². The van der Waals surface area contributed by atoms with Crippen LogP contribution in [-0.4, -0.2) is 23.8 Å². The lowest BCUT2D eigenvalue weighted by Crippen LogP contribution is -2.30. The average Bonchev–Trinajstić information content (AvgIpc) is 2.62. The quantitative estimate of drug-likeness (QED) is 0.707. The predicted octanol–water partition coefficient (Wildman–Crippen LogP) is 4.92. The highest BCUT2D eigenvalue weighted by Gasteiger charge is 2.19. The van der Waals surface area contributed by atoms with Gasteiger partial charge in [-0.2, -0.15) is 0 Å². The molecule has 27 heavy (non-hydrogen) atoms. The molecular formula is C23H30N2O2. The summed E-state index contributed by atoms with van der Waals surface area (Å²) in [4.78, 5) is 26.6. The molecule has 0 heterocycles. The van der Waals surface area contributed by atoms with Gasteiger partial charge < -0.3 is 10.2 Å². The summed E-state index contributed by atoms with van der Waals surface area (Å²) in [6.45, 7) is 8.91. The summed E-state index contributed by atoms with van der Waals surface area (Å²) in [5, 5.41) is 3.01. The molecule has 0 saturated heterocycles. The van der Waals surface area contributed by atoms with Crippen molar-refractivity contribution in [3.63, 3.8) is 0 Å². The molecule has 0 radical (unpaired) electrons. The molecule has 144 valence electrons. The molecule has 4 nitrogen and oxygen atoms in total. The van der Waals surface area contributed by atoms with Gasteiger partial charge >= 0.3 is 0 Å². The number of benzene rings is 2. The third-order valence-corrected chi connectivity index (χ3v) is 4.64. The van der Waals surface area contributed by atoms with E-state index < -0.39 is 0 Å². The zero-order valence-corrected chi connectivity index (χ0v) is 17.0. The number of hydrogen-bond donors (Lipinski definition) is 1. The van der Waals surface area contributed by atoms with Crippen molar-refractivity contribution in [1.82, 2.24) is 4.90 Å². The molecule has 0 saturated carbocycles. The summed E-state index contributed by atoms with van der Waals surface area (Å²) in [6.07, 6.45) is -0.159. The fourth-order valence-corrected chi connectivity index (χ4v) is 3.10. The Hall–Kier alpha value is -2.62. The Balaban J connectivity index is 2.08. The number of para-hydroxylation sites is 1. The van der Waals surface area contributed by atoms with Crippen LogP contribution >= 0.6 is 0 Å². The first-order chi connectivity index (χ1) is 12.8. The van der Waals surface area contributed by atoms with E-state index in [0.29, 0.717) is 6.54 Å². The van der Waals surface area contributed by atoms with Crippen LogP contribution in [0.3, 0.4) is 0 Å². The second-order valence-corrected chi connectivity index (χ2v) is 7.58. The predicted molar refractivity (Wildman–Crippen MR) is 111 cm³/mol. The van der Waals surface area contributed by atoms with E-state index in [1.165, 1.54) is 0 Å².